The van der Waals surface area contributed by atoms with Crippen molar-refractivity contribution >= 4 is 40.1 Å². The molecule has 1 aromatic carbocycles. The van der Waals surface area contributed by atoms with Crippen molar-refractivity contribution in [3.8, 4) is 0 Å². The molecule has 6 heteroatoms. The Morgan fingerprint density at radius 1 is 1.29 bits per heavy atom. The van der Waals surface area contributed by atoms with Gasteiger partial charge in [0, 0.05) is 3.57 Å². The van der Waals surface area contributed by atoms with Crippen LogP contribution in [0.25, 0.3) is 5.57 Å². The SMILES string of the molecule is COC(=O)[C@@H](NOC(C)(C)C)C(=C=O)c1ccc(I)cc1. The molecule has 0 aliphatic rings. The molecule has 0 bridgehead atoms. The van der Waals surface area contributed by atoms with Gasteiger partial charge in [-0.1, -0.05) is 12.1 Å². The summed E-state index contributed by atoms with van der Waals surface area (Å²) in [7, 11) is 1.25. The third-order valence-corrected chi connectivity index (χ3v) is 3.19. The van der Waals surface area contributed by atoms with Gasteiger partial charge in [-0.3, -0.25) is 4.84 Å². The third kappa shape index (κ3) is 5.59. The first-order valence-corrected chi connectivity index (χ1v) is 7.38. The van der Waals surface area contributed by atoms with Crippen LogP contribution in [-0.2, 0) is 19.2 Å². The molecule has 5 nitrogen and oxygen atoms in total. The van der Waals surface area contributed by atoms with Crippen molar-refractivity contribution in [1.29, 1.82) is 0 Å². The number of carbonyl (C=O) groups is 1. The van der Waals surface area contributed by atoms with E-state index >= 15 is 0 Å². The van der Waals surface area contributed by atoms with E-state index in [9.17, 15) is 9.59 Å². The van der Waals surface area contributed by atoms with E-state index in [4.69, 9.17) is 9.57 Å². The second kappa shape index (κ2) is 7.70. The number of benzene rings is 1. The Hall–Kier alpha value is -1.21. The zero-order chi connectivity index (χ0) is 16.0. The van der Waals surface area contributed by atoms with Gasteiger partial charge in [0.1, 0.15) is 5.94 Å². The minimum absolute atomic E-state index is 0.141. The van der Waals surface area contributed by atoms with Gasteiger partial charge in [-0.05, 0) is 61.1 Å². The quantitative estimate of drug-likeness (QED) is 0.354. The Labute approximate surface area is 137 Å². The van der Waals surface area contributed by atoms with Gasteiger partial charge in [-0.25, -0.2) is 9.59 Å². The monoisotopic (exact) mass is 403 g/mol. The van der Waals surface area contributed by atoms with Crippen LogP contribution in [0, 0.1) is 3.57 Å². The number of esters is 1. The minimum atomic E-state index is -1.04. The van der Waals surface area contributed by atoms with E-state index in [1.54, 1.807) is 12.1 Å². The summed E-state index contributed by atoms with van der Waals surface area (Å²) in [4.78, 5) is 28.6. The molecule has 21 heavy (non-hydrogen) atoms. The summed E-state index contributed by atoms with van der Waals surface area (Å²) in [6.07, 6.45) is 0. The van der Waals surface area contributed by atoms with E-state index < -0.39 is 17.6 Å². The maximum Gasteiger partial charge on any atom is 0.330 e. The number of halogens is 1. The molecular weight excluding hydrogens is 385 g/mol. The topological polar surface area (TPSA) is 64.6 Å². The summed E-state index contributed by atoms with van der Waals surface area (Å²) >= 11 is 2.16. The van der Waals surface area contributed by atoms with E-state index in [0.29, 0.717) is 5.56 Å². The van der Waals surface area contributed by atoms with Crippen molar-refractivity contribution in [2.45, 2.75) is 32.4 Å². The molecular formula is C15H18INO4. The number of nitrogens with one attached hydrogen (secondary N) is 1. The number of hydrogen-bond donors (Lipinski definition) is 1. The minimum Gasteiger partial charge on any atom is -0.468 e. The third-order valence-electron chi connectivity index (χ3n) is 2.47. The zero-order valence-corrected chi connectivity index (χ0v) is 14.6. The Morgan fingerprint density at radius 3 is 2.29 bits per heavy atom. The maximum atomic E-state index is 11.9. The Bertz CT molecular complexity index is 542. The largest absolute Gasteiger partial charge is 0.468 e. The molecule has 1 rings (SSSR count). The van der Waals surface area contributed by atoms with E-state index in [-0.39, 0.29) is 5.57 Å². The van der Waals surface area contributed by atoms with Crippen LogP contribution in [0.2, 0.25) is 0 Å². The molecule has 1 N–H and O–H groups in total. The molecule has 0 aliphatic carbocycles. The van der Waals surface area contributed by atoms with Crippen molar-refractivity contribution in [2.24, 2.45) is 0 Å². The number of ether oxygens (including phenoxy) is 1. The number of hydrogen-bond acceptors (Lipinski definition) is 5. The first-order valence-electron chi connectivity index (χ1n) is 6.31. The van der Waals surface area contributed by atoms with E-state index in [2.05, 4.69) is 28.1 Å². The van der Waals surface area contributed by atoms with Crippen LogP contribution in [0.4, 0.5) is 0 Å². The van der Waals surface area contributed by atoms with Crippen LogP contribution in [0.3, 0.4) is 0 Å². The first kappa shape index (κ1) is 17.8. The van der Waals surface area contributed by atoms with Gasteiger partial charge in [-0.15, -0.1) is 0 Å². The summed E-state index contributed by atoms with van der Waals surface area (Å²) in [5.74, 6) is 1.20. The summed E-state index contributed by atoms with van der Waals surface area (Å²) in [6, 6.07) is 6.14. The number of carbonyl (C=O) groups excluding carboxylic acids is 2. The highest BCUT2D eigenvalue weighted by Gasteiger charge is 2.28. The van der Waals surface area contributed by atoms with Gasteiger partial charge >= 0.3 is 5.97 Å². The van der Waals surface area contributed by atoms with Crippen LogP contribution >= 0.6 is 22.6 Å². The van der Waals surface area contributed by atoms with Gasteiger partial charge in [-0.2, -0.15) is 5.48 Å². The van der Waals surface area contributed by atoms with Crippen LogP contribution in [0.5, 0.6) is 0 Å². The van der Waals surface area contributed by atoms with Gasteiger partial charge < -0.3 is 4.74 Å². The maximum absolute atomic E-state index is 11.9. The second-order valence-corrected chi connectivity index (χ2v) is 6.56. The first-order chi connectivity index (χ1) is 9.78. The summed E-state index contributed by atoms with van der Waals surface area (Å²) in [5.41, 5.74) is 2.81. The van der Waals surface area contributed by atoms with Gasteiger partial charge in [0.05, 0.1) is 18.3 Å². The molecule has 114 valence electrons. The summed E-state index contributed by atoms with van der Waals surface area (Å²) < 4.78 is 5.75. The Morgan fingerprint density at radius 2 is 1.86 bits per heavy atom. The lowest BCUT2D eigenvalue weighted by Gasteiger charge is -2.24. The Balaban J connectivity index is 3.07. The molecule has 0 heterocycles. The number of hydroxylamine groups is 1. The standard InChI is InChI=1S/C15H18INO4/c1-15(2,3)21-17-13(14(19)20-4)12(9-18)10-5-7-11(16)8-6-10/h5-8,13,17H,1-4H3/t13-/m0/s1. The predicted molar refractivity (Wildman–Crippen MR) is 88.0 cm³/mol. The van der Waals surface area contributed by atoms with Crippen molar-refractivity contribution in [2.75, 3.05) is 7.11 Å². The highest BCUT2D eigenvalue weighted by Crippen LogP contribution is 2.19. The molecule has 0 radical (unpaired) electrons. The van der Waals surface area contributed by atoms with Crippen molar-refractivity contribution in [3.05, 3.63) is 33.4 Å². The highest BCUT2D eigenvalue weighted by atomic mass is 127. The molecule has 0 spiro atoms. The van der Waals surface area contributed by atoms with Gasteiger partial charge in [0.15, 0.2) is 6.04 Å². The van der Waals surface area contributed by atoms with Crippen molar-refractivity contribution in [3.63, 3.8) is 0 Å². The van der Waals surface area contributed by atoms with Crippen molar-refractivity contribution < 1.29 is 19.2 Å². The smallest absolute Gasteiger partial charge is 0.330 e. The van der Waals surface area contributed by atoms with Gasteiger partial charge in [0.2, 0.25) is 0 Å². The van der Waals surface area contributed by atoms with Crippen LogP contribution in [-0.4, -0.2) is 30.7 Å². The lowest BCUT2D eigenvalue weighted by atomic mass is 10.0. The van der Waals surface area contributed by atoms with Crippen molar-refractivity contribution in [1.82, 2.24) is 5.48 Å². The molecule has 0 saturated carbocycles. The molecule has 0 unspecified atom stereocenters. The lowest BCUT2D eigenvalue weighted by molar-refractivity contribution is -0.150. The number of methoxy groups -OCH3 is 1. The van der Waals surface area contributed by atoms with Crippen LogP contribution in [0.1, 0.15) is 26.3 Å². The molecule has 1 aromatic rings. The summed E-state index contributed by atoms with van der Waals surface area (Å²) in [6.45, 7) is 5.47. The Kier molecular flexibility index (Phi) is 6.54. The zero-order valence-electron chi connectivity index (χ0n) is 12.4. The predicted octanol–water partition coefficient (Wildman–Crippen LogP) is 2.37. The fourth-order valence-corrected chi connectivity index (χ4v) is 1.85. The average Bonchev–Trinajstić information content (AvgIpc) is 2.43. The average molecular weight is 403 g/mol. The van der Waals surface area contributed by atoms with Crippen LogP contribution in [0.15, 0.2) is 24.3 Å². The molecule has 1 atom stereocenters. The van der Waals surface area contributed by atoms with E-state index in [1.165, 1.54) is 7.11 Å². The van der Waals surface area contributed by atoms with Crippen LogP contribution < -0.4 is 5.48 Å². The molecule has 0 fully saturated rings. The van der Waals surface area contributed by atoms with E-state index in [1.807, 2.05) is 38.8 Å². The fourth-order valence-electron chi connectivity index (χ4n) is 1.49. The molecule has 0 saturated heterocycles. The second-order valence-electron chi connectivity index (χ2n) is 5.31. The summed E-state index contributed by atoms with van der Waals surface area (Å²) in [5, 5.41) is 0. The molecule has 0 aliphatic heterocycles. The molecule has 0 aromatic heterocycles. The van der Waals surface area contributed by atoms with Gasteiger partial charge in [0.25, 0.3) is 0 Å². The highest BCUT2D eigenvalue weighted by molar-refractivity contribution is 14.1. The fraction of sp³-hybridized carbons (Fsp3) is 0.400. The normalized spacial score (nSPS) is 12.4. The number of rotatable bonds is 5. The molecule has 0 amide bonds. The van der Waals surface area contributed by atoms with E-state index in [0.717, 1.165) is 3.57 Å². The lowest BCUT2D eigenvalue weighted by Crippen LogP contribution is -2.43.